The number of nitrogens with zero attached hydrogens (tertiary/aromatic N) is 5. The first-order chi connectivity index (χ1) is 11.9. The average Bonchev–Trinajstić information content (AvgIpc) is 3.29. The van der Waals surface area contributed by atoms with Crippen LogP contribution in [0.1, 0.15) is 36.1 Å². The van der Waals surface area contributed by atoms with Crippen molar-refractivity contribution in [3.05, 3.63) is 29.0 Å². The number of rotatable bonds is 2. The summed E-state index contributed by atoms with van der Waals surface area (Å²) in [6, 6.07) is 0. The zero-order chi connectivity index (χ0) is 15.9. The van der Waals surface area contributed by atoms with E-state index in [0.717, 1.165) is 29.4 Å². The number of aryl methyl sites for hydroxylation is 2. The second kappa shape index (κ2) is 5.77. The van der Waals surface area contributed by atoms with E-state index in [4.69, 9.17) is 9.97 Å². The zero-order valence-electron chi connectivity index (χ0n) is 13.5. The van der Waals surface area contributed by atoms with Gasteiger partial charge in [-0.1, -0.05) is 0 Å². The van der Waals surface area contributed by atoms with Gasteiger partial charge in [-0.2, -0.15) is 0 Å². The van der Waals surface area contributed by atoms with Crippen LogP contribution in [0.4, 0.5) is 5.82 Å². The number of aromatic nitrogens is 4. The van der Waals surface area contributed by atoms with Crippen molar-refractivity contribution in [3.63, 3.8) is 0 Å². The Morgan fingerprint density at radius 1 is 0.958 bits per heavy atom. The van der Waals surface area contributed by atoms with Gasteiger partial charge in [0, 0.05) is 30.4 Å². The van der Waals surface area contributed by atoms with Crippen LogP contribution in [0.2, 0.25) is 0 Å². The molecule has 122 valence electrons. The maximum absolute atomic E-state index is 4.95. The van der Waals surface area contributed by atoms with Crippen LogP contribution in [0, 0.1) is 0 Å². The molecule has 24 heavy (non-hydrogen) atoms. The smallest absolute Gasteiger partial charge is 0.183 e. The Morgan fingerprint density at radius 3 is 2.67 bits per heavy atom. The number of hydrogen-bond donors (Lipinski definition) is 0. The second-order valence-corrected chi connectivity index (χ2v) is 7.63. The lowest BCUT2D eigenvalue weighted by Gasteiger charge is -2.19. The summed E-state index contributed by atoms with van der Waals surface area (Å²) in [5.74, 6) is 1.83. The SMILES string of the molecule is c1cnc(-c2nc(N3CCCC3)c3c4c(sc3n2)CCCC4)cn1. The lowest BCUT2D eigenvalue weighted by molar-refractivity contribution is 0.700. The van der Waals surface area contributed by atoms with E-state index in [1.165, 1.54) is 54.4 Å². The third kappa shape index (κ3) is 2.28. The van der Waals surface area contributed by atoms with Crippen molar-refractivity contribution in [1.82, 2.24) is 19.9 Å². The highest BCUT2D eigenvalue weighted by Gasteiger charge is 2.25. The Bertz CT molecular complexity index is 883. The van der Waals surface area contributed by atoms with Crippen LogP contribution in [0.5, 0.6) is 0 Å². The molecule has 5 nitrogen and oxygen atoms in total. The molecule has 2 aliphatic rings. The van der Waals surface area contributed by atoms with E-state index in [0.29, 0.717) is 5.82 Å². The highest BCUT2D eigenvalue weighted by atomic mass is 32.1. The van der Waals surface area contributed by atoms with Crippen LogP contribution < -0.4 is 4.90 Å². The Morgan fingerprint density at radius 2 is 1.83 bits per heavy atom. The summed E-state index contributed by atoms with van der Waals surface area (Å²) in [5.41, 5.74) is 2.26. The molecule has 0 radical (unpaired) electrons. The van der Waals surface area contributed by atoms with E-state index >= 15 is 0 Å². The molecule has 0 atom stereocenters. The molecule has 0 amide bonds. The molecule has 0 N–H and O–H groups in total. The van der Waals surface area contributed by atoms with Crippen molar-refractivity contribution >= 4 is 27.4 Å². The fraction of sp³-hybridized carbons (Fsp3) is 0.444. The summed E-state index contributed by atoms with van der Waals surface area (Å²) in [5, 5.41) is 1.31. The van der Waals surface area contributed by atoms with Crippen molar-refractivity contribution in [3.8, 4) is 11.5 Å². The Labute approximate surface area is 144 Å². The molecular formula is C18H19N5S. The normalized spacial score (nSPS) is 17.4. The van der Waals surface area contributed by atoms with Gasteiger partial charge in [-0.25, -0.2) is 15.0 Å². The third-order valence-electron chi connectivity index (χ3n) is 4.99. The molecule has 3 aromatic rings. The summed E-state index contributed by atoms with van der Waals surface area (Å²) in [4.78, 5) is 23.5. The summed E-state index contributed by atoms with van der Waals surface area (Å²) in [6.45, 7) is 2.19. The van der Waals surface area contributed by atoms with E-state index in [2.05, 4.69) is 14.9 Å². The zero-order valence-corrected chi connectivity index (χ0v) is 14.3. The van der Waals surface area contributed by atoms with Crippen molar-refractivity contribution in [1.29, 1.82) is 0 Å². The van der Waals surface area contributed by atoms with E-state index in [9.17, 15) is 0 Å². The minimum Gasteiger partial charge on any atom is -0.356 e. The van der Waals surface area contributed by atoms with Gasteiger partial charge in [-0.05, 0) is 44.1 Å². The van der Waals surface area contributed by atoms with Crippen LogP contribution >= 0.6 is 11.3 Å². The molecule has 1 aliphatic carbocycles. The van der Waals surface area contributed by atoms with Crippen molar-refractivity contribution in [2.75, 3.05) is 18.0 Å². The first-order valence-electron chi connectivity index (χ1n) is 8.74. The molecule has 0 aromatic carbocycles. The van der Waals surface area contributed by atoms with Gasteiger partial charge in [-0.15, -0.1) is 11.3 Å². The summed E-state index contributed by atoms with van der Waals surface area (Å²) in [6.07, 6.45) is 12.6. The maximum atomic E-state index is 4.95. The molecule has 3 aromatic heterocycles. The van der Waals surface area contributed by atoms with Crippen molar-refractivity contribution in [2.45, 2.75) is 38.5 Å². The lowest BCUT2D eigenvalue weighted by Crippen LogP contribution is -2.20. The molecule has 1 fully saturated rings. The van der Waals surface area contributed by atoms with Crippen LogP contribution in [-0.2, 0) is 12.8 Å². The van der Waals surface area contributed by atoms with Gasteiger partial charge in [-0.3, -0.25) is 4.98 Å². The number of anilines is 1. The first kappa shape index (κ1) is 14.3. The molecule has 0 saturated carbocycles. The fourth-order valence-electron chi connectivity index (χ4n) is 3.83. The quantitative estimate of drug-likeness (QED) is 0.715. The topological polar surface area (TPSA) is 54.8 Å². The number of hydrogen-bond acceptors (Lipinski definition) is 6. The minimum atomic E-state index is 0.705. The molecular weight excluding hydrogens is 318 g/mol. The van der Waals surface area contributed by atoms with Crippen LogP contribution in [-0.4, -0.2) is 33.0 Å². The average molecular weight is 337 g/mol. The Hall–Kier alpha value is -2.08. The van der Waals surface area contributed by atoms with Gasteiger partial charge in [0.05, 0.1) is 11.6 Å². The van der Waals surface area contributed by atoms with E-state index < -0.39 is 0 Å². The van der Waals surface area contributed by atoms with E-state index in [1.807, 2.05) is 11.3 Å². The van der Waals surface area contributed by atoms with Crippen LogP contribution in [0.25, 0.3) is 21.7 Å². The third-order valence-corrected chi connectivity index (χ3v) is 6.18. The van der Waals surface area contributed by atoms with Crippen LogP contribution in [0.3, 0.4) is 0 Å². The number of thiophene rings is 1. The monoisotopic (exact) mass is 337 g/mol. The van der Waals surface area contributed by atoms with Crippen molar-refractivity contribution in [2.24, 2.45) is 0 Å². The standard InChI is InChI=1S/C18H19N5S/c1-2-6-14-12(5-1)15-17(23-9-3-4-10-23)21-16(22-18(15)24-14)13-11-19-7-8-20-13/h7-8,11H,1-6,9-10H2. The van der Waals surface area contributed by atoms with Gasteiger partial charge >= 0.3 is 0 Å². The van der Waals surface area contributed by atoms with E-state index in [1.54, 1.807) is 18.6 Å². The second-order valence-electron chi connectivity index (χ2n) is 6.55. The van der Waals surface area contributed by atoms with Gasteiger partial charge in [0.2, 0.25) is 0 Å². The largest absolute Gasteiger partial charge is 0.356 e. The lowest BCUT2D eigenvalue weighted by atomic mass is 9.97. The summed E-state index contributed by atoms with van der Waals surface area (Å²) in [7, 11) is 0. The predicted molar refractivity (Wildman–Crippen MR) is 96.5 cm³/mol. The minimum absolute atomic E-state index is 0.705. The van der Waals surface area contributed by atoms with Crippen LogP contribution in [0.15, 0.2) is 18.6 Å². The predicted octanol–water partition coefficient (Wildman–Crippen LogP) is 3.63. The van der Waals surface area contributed by atoms with Gasteiger partial charge in [0.25, 0.3) is 0 Å². The summed E-state index contributed by atoms with van der Waals surface area (Å²) < 4.78 is 0. The van der Waals surface area contributed by atoms with Gasteiger partial charge < -0.3 is 4.90 Å². The van der Waals surface area contributed by atoms with Gasteiger partial charge in [0.15, 0.2) is 5.82 Å². The maximum Gasteiger partial charge on any atom is 0.183 e. The van der Waals surface area contributed by atoms with Gasteiger partial charge in [0.1, 0.15) is 16.3 Å². The Kier molecular flexibility index (Phi) is 3.43. The first-order valence-corrected chi connectivity index (χ1v) is 9.55. The van der Waals surface area contributed by atoms with E-state index in [-0.39, 0.29) is 0 Å². The summed E-state index contributed by atoms with van der Waals surface area (Å²) >= 11 is 1.86. The molecule has 4 heterocycles. The highest BCUT2D eigenvalue weighted by Crippen LogP contribution is 2.41. The molecule has 6 heteroatoms. The molecule has 0 bridgehead atoms. The van der Waals surface area contributed by atoms with Crippen molar-refractivity contribution < 1.29 is 0 Å². The molecule has 1 aliphatic heterocycles. The molecule has 1 saturated heterocycles. The fourth-order valence-corrected chi connectivity index (χ4v) is 5.08. The molecule has 0 spiro atoms. The Balaban J connectivity index is 1.76. The molecule has 0 unspecified atom stereocenters. The number of fused-ring (bicyclic) bond motifs is 3. The highest BCUT2D eigenvalue weighted by molar-refractivity contribution is 7.19. The molecule has 5 rings (SSSR count).